The highest BCUT2D eigenvalue weighted by molar-refractivity contribution is 6.33. The number of nitrogens with zero attached hydrogens (tertiary/aromatic N) is 1. The first-order valence-electron chi connectivity index (χ1n) is 5.35. The van der Waals surface area contributed by atoms with Crippen molar-refractivity contribution in [2.24, 2.45) is 0 Å². The van der Waals surface area contributed by atoms with Gasteiger partial charge in [0.2, 0.25) is 0 Å². The van der Waals surface area contributed by atoms with Gasteiger partial charge in [-0.15, -0.1) is 0 Å². The molecule has 0 unspecified atom stereocenters. The van der Waals surface area contributed by atoms with Crippen molar-refractivity contribution in [2.75, 3.05) is 13.2 Å². The van der Waals surface area contributed by atoms with Crippen molar-refractivity contribution < 1.29 is 14.3 Å². The molecular formula is C12H15ClFNO2. The third-order valence-corrected chi connectivity index (χ3v) is 2.72. The minimum absolute atomic E-state index is 0.0820. The number of aliphatic hydroxyl groups excluding tert-OH is 1. The first-order chi connectivity index (χ1) is 7.99. The summed E-state index contributed by atoms with van der Waals surface area (Å²) in [5.74, 6) is -1.15. The zero-order chi connectivity index (χ0) is 13.0. The average molecular weight is 260 g/mol. The molecule has 0 aromatic heterocycles. The highest BCUT2D eigenvalue weighted by Gasteiger charge is 2.23. The minimum Gasteiger partial charge on any atom is -0.395 e. The van der Waals surface area contributed by atoms with Gasteiger partial charge in [0.1, 0.15) is 5.82 Å². The molecule has 0 aliphatic rings. The summed E-state index contributed by atoms with van der Waals surface area (Å²) < 4.78 is 13.6. The smallest absolute Gasteiger partial charge is 0.258 e. The van der Waals surface area contributed by atoms with Crippen LogP contribution >= 0.6 is 11.6 Å². The first kappa shape index (κ1) is 13.9. The molecule has 0 saturated carbocycles. The molecule has 0 fully saturated rings. The lowest BCUT2D eigenvalue weighted by atomic mass is 10.1. The number of rotatable bonds is 4. The van der Waals surface area contributed by atoms with Gasteiger partial charge in [-0.2, -0.15) is 0 Å². The molecule has 1 N–H and O–H groups in total. The van der Waals surface area contributed by atoms with Crippen molar-refractivity contribution in [2.45, 2.75) is 19.9 Å². The zero-order valence-electron chi connectivity index (χ0n) is 9.78. The molecule has 1 aromatic rings. The quantitative estimate of drug-likeness (QED) is 0.902. The summed E-state index contributed by atoms with van der Waals surface area (Å²) in [6, 6.07) is 3.97. The monoisotopic (exact) mass is 259 g/mol. The van der Waals surface area contributed by atoms with Gasteiger partial charge in [-0.25, -0.2) is 4.39 Å². The molecule has 1 rings (SSSR count). The van der Waals surface area contributed by atoms with E-state index in [1.807, 2.05) is 0 Å². The fourth-order valence-electron chi connectivity index (χ4n) is 1.55. The molecule has 0 bridgehead atoms. The molecule has 1 aromatic carbocycles. The van der Waals surface area contributed by atoms with Crippen molar-refractivity contribution in [3.8, 4) is 0 Å². The number of hydrogen-bond donors (Lipinski definition) is 1. The van der Waals surface area contributed by atoms with Gasteiger partial charge in [0.15, 0.2) is 0 Å². The second-order valence-electron chi connectivity index (χ2n) is 3.91. The van der Waals surface area contributed by atoms with Crippen LogP contribution in [-0.4, -0.2) is 35.1 Å². The Morgan fingerprint density at radius 1 is 1.53 bits per heavy atom. The number of aliphatic hydroxyl groups is 1. The van der Waals surface area contributed by atoms with Gasteiger partial charge in [-0.05, 0) is 26.0 Å². The van der Waals surface area contributed by atoms with Crippen molar-refractivity contribution in [1.82, 2.24) is 4.90 Å². The largest absolute Gasteiger partial charge is 0.395 e. The third-order valence-electron chi connectivity index (χ3n) is 2.40. The molecule has 0 saturated heterocycles. The standard InChI is InChI=1S/C12H15ClFNO2/c1-8(2)15(6-7-16)12(17)11-9(13)4-3-5-10(11)14/h3-5,8,16H,6-7H2,1-2H3. The molecular weight excluding hydrogens is 245 g/mol. The van der Waals surface area contributed by atoms with Crippen LogP contribution in [0.3, 0.4) is 0 Å². The Morgan fingerprint density at radius 2 is 2.18 bits per heavy atom. The summed E-state index contributed by atoms with van der Waals surface area (Å²) in [7, 11) is 0. The van der Waals surface area contributed by atoms with Gasteiger partial charge in [-0.3, -0.25) is 4.79 Å². The summed E-state index contributed by atoms with van der Waals surface area (Å²) in [5, 5.41) is 8.98. The van der Waals surface area contributed by atoms with E-state index in [2.05, 4.69) is 0 Å². The maximum atomic E-state index is 13.6. The van der Waals surface area contributed by atoms with E-state index >= 15 is 0 Å². The molecule has 3 nitrogen and oxygen atoms in total. The minimum atomic E-state index is -0.647. The molecule has 0 spiro atoms. The second kappa shape index (κ2) is 5.98. The molecule has 0 atom stereocenters. The molecule has 0 aliphatic carbocycles. The van der Waals surface area contributed by atoms with Gasteiger partial charge in [0.05, 0.1) is 17.2 Å². The van der Waals surface area contributed by atoms with Crippen LogP contribution in [-0.2, 0) is 0 Å². The molecule has 0 radical (unpaired) electrons. The number of carbonyl (C=O) groups excluding carboxylic acids is 1. The number of carbonyl (C=O) groups is 1. The predicted octanol–water partition coefficient (Wildman–Crippen LogP) is 2.32. The van der Waals surface area contributed by atoms with E-state index in [1.165, 1.54) is 23.1 Å². The lowest BCUT2D eigenvalue weighted by molar-refractivity contribution is 0.0661. The van der Waals surface area contributed by atoms with Gasteiger partial charge in [-0.1, -0.05) is 17.7 Å². The summed E-state index contributed by atoms with van der Waals surface area (Å²) in [5.41, 5.74) is -0.142. The van der Waals surface area contributed by atoms with E-state index in [-0.39, 0.29) is 29.8 Å². The maximum Gasteiger partial charge on any atom is 0.258 e. The summed E-state index contributed by atoms with van der Waals surface area (Å²) >= 11 is 5.82. The zero-order valence-corrected chi connectivity index (χ0v) is 10.5. The Kier molecular flexibility index (Phi) is 4.90. The summed E-state index contributed by atoms with van der Waals surface area (Å²) in [4.78, 5) is 13.5. The molecule has 94 valence electrons. The van der Waals surface area contributed by atoms with Crippen molar-refractivity contribution in [3.05, 3.63) is 34.6 Å². The van der Waals surface area contributed by atoms with Crippen molar-refractivity contribution >= 4 is 17.5 Å². The first-order valence-corrected chi connectivity index (χ1v) is 5.72. The van der Waals surface area contributed by atoms with Crippen LogP contribution in [0.4, 0.5) is 4.39 Å². The Balaban J connectivity index is 3.09. The van der Waals surface area contributed by atoms with Crippen molar-refractivity contribution in [1.29, 1.82) is 0 Å². The van der Waals surface area contributed by atoms with Gasteiger partial charge >= 0.3 is 0 Å². The molecule has 17 heavy (non-hydrogen) atoms. The maximum absolute atomic E-state index is 13.6. The molecule has 0 heterocycles. The fraction of sp³-hybridized carbons (Fsp3) is 0.417. The Hall–Kier alpha value is -1.13. The van der Waals surface area contributed by atoms with Crippen LogP contribution in [0.2, 0.25) is 5.02 Å². The second-order valence-corrected chi connectivity index (χ2v) is 4.32. The topological polar surface area (TPSA) is 40.5 Å². The summed E-state index contributed by atoms with van der Waals surface area (Å²) in [6.45, 7) is 3.57. The van der Waals surface area contributed by atoms with Crippen LogP contribution in [0.25, 0.3) is 0 Å². The van der Waals surface area contributed by atoms with Gasteiger partial charge in [0, 0.05) is 12.6 Å². The van der Waals surface area contributed by atoms with E-state index in [0.717, 1.165) is 0 Å². The average Bonchev–Trinajstić information content (AvgIpc) is 2.24. The molecule has 5 heteroatoms. The lowest BCUT2D eigenvalue weighted by Gasteiger charge is -2.26. The van der Waals surface area contributed by atoms with E-state index in [1.54, 1.807) is 13.8 Å². The van der Waals surface area contributed by atoms with Gasteiger partial charge in [0.25, 0.3) is 5.91 Å². The van der Waals surface area contributed by atoms with Gasteiger partial charge < -0.3 is 10.0 Å². The Morgan fingerprint density at radius 3 is 2.65 bits per heavy atom. The van der Waals surface area contributed by atoms with E-state index in [4.69, 9.17) is 16.7 Å². The van der Waals surface area contributed by atoms with Crippen LogP contribution in [0.5, 0.6) is 0 Å². The van der Waals surface area contributed by atoms with Crippen LogP contribution in [0.15, 0.2) is 18.2 Å². The van der Waals surface area contributed by atoms with E-state index < -0.39 is 11.7 Å². The van der Waals surface area contributed by atoms with E-state index in [0.29, 0.717) is 0 Å². The van der Waals surface area contributed by atoms with Crippen LogP contribution in [0.1, 0.15) is 24.2 Å². The van der Waals surface area contributed by atoms with Crippen LogP contribution < -0.4 is 0 Å². The number of hydrogen-bond acceptors (Lipinski definition) is 2. The molecule has 1 amide bonds. The number of halogens is 2. The lowest BCUT2D eigenvalue weighted by Crippen LogP contribution is -2.39. The summed E-state index contributed by atoms with van der Waals surface area (Å²) in [6.07, 6.45) is 0. The van der Waals surface area contributed by atoms with E-state index in [9.17, 15) is 9.18 Å². The Labute approximate surface area is 105 Å². The number of benzene rings is 1. The van der Waals surface area contributed by atoms with Crippen molar-refractivity contribution in [3.63, 3.8) is 0 Å². The third kappa shape index (κ3) is 3.17. The highest BCUT2D eigenvalue weighted by Crippen LogP contribution is 2.21. The SMILES string of the molecule is CC(C)N(CCO)C(=O)c1c(F)cccc1Cl. The highest BCUT2D eigenvalue weighted by atomic mass is 35.5. The number of amides is 1. The molecule has 0 aliphatic heterocycles. The fourth-order valence-corrected chi connectivity index (χ4v) is 1.79. The predicted molar refractivity (Wildman–Crippen MR) is 64.7 cm³/mol. The van der Waals surface area contributed by atoms with Crippen LogP contribution in [0, 0.1) is 5.82 Å². The Bertz CT molecular complexity index is 389. The normalized spacial score (nSPS) is 10.7.